The van der Waals surface area contributed by atoms with Crippen molar-refractivity contribution < 1.29 is 14.6 Å². The van der Waals surface area contributed by atoms with E-state index in [2.05, 4.69) is 19.2 Å². The van der Waals surface area contributed by atoms with Gasteiger partial charge in [0, 0.05) is 6.04 Å². The van der Waals surface area contributed by atoms with Crippen LogP contribution in [-0.4, -0.2) is 29.8 Å². The van der Waals surface area contributed by atoms with Gasteiger partial charge in [-0.1, -0.05) is 44.2 Å². The van der Waals surface area contributed by atoms with Crippen LogP contribution in [0.2, 0.25) is 0 Å². The van der Waals surface area contributed by atoms with Gasteiger partial charge in [0.2, 0.25) is 0 Å². The van der Waals surface area contributed by atoms with Gasteiger partial charge >= 0.3 is 5.97 Å². The molecule has 1 aromatic carbocycles. The van der Waals surface area contributed by atoms with Gasteiger partial charge in [-0.25, -0.2) is 4.79 Å². The van der Waals surface area contributed by atoms with E-state index < -0.39 is 11.5 Å². The SMILES string of the molecule is CC(C)C(C)OCC(NC1CC1)(C(=O)O)c1ccccc1. The van der Waals surface area contributed by atoms with Crippen molar-refractivity contribution in [2.24, 2.45) is 5.92 Å². The highest BCUT2D eigenvalue weighted by Gasteiger charge is 2.45. The Hall–Kier alpha value is -1.39. The van der Waals surface area contributed by atoms with Gasteiger partial charge in [0.25, 0.3) is 0 Å². The summed E-state index contributed by atoms with van der Waals surface area (Å²) in [5.74, 6) is -0.523. The van der Waals surface area contributed by atoms with Crippen LogP contribution in [0.4, 0.5) is 0 Å². The highest BCUT2D eigenvalue weighted by molar-refractivity contribution is 5.81. The molecule has 1 aromatic rings. The van der Waals surface area contributed by atoms with Gasteiger partial charge in [0.15, 0.2) is 5.54 Å². The zero-order valence-corrected chi connectivity index (χ0v) is 13.0. The van der Waals surface area contributed by atoms with E-state index in [1.807, 2.05) is 37.3 Å². The van der Waals surface area contributed by atoms with Crippen molar-refractivity contribution in [2.45, 2.75) is 51.3 Å². The average molecular weight is 291 g/mol. The fourth-order valence-corrected chi connectivity index (χ4v) is 2.20. The molecule has 1 saturated carbocycles. The minimum absolute atomic E-state index is 0.0217. The standard InChI is InChI=1S/C17H25NO3/c1-12(2)13(3)21-11-17(16(19)20,18-15-9-10-15)14-7-5-4-6-8-14/h4-8,12-13,15,18H,9-11H2,1-3H3,(H,19,20). The first kappa shape index (κ1) is 16.0. The summed E-state index contributed by atoms with van der Waals surface area (Å²) in [5, 5.41) is 13.2. The molecule has 0 spiro atoms. The van der Waals surface area contributed by atoms with Crippen molar-refractivity contribution in [3.8, 4) is 0 Å². The number of hydrogen-bond donors (Lipinski definition) is 2. The molecule has 2 N–H and O–H groups in total. The third kappa shape index (κ3) is 3.83. The molecule has 116 valence electrons. The summed E-state index contributed by atoms with van der Waals surface area (Å²) in [7, 11) is 0. The van der Waals surface area contributed by atoms with Gasteiger partial charge in [0.05, 0.1) is 12.7 Å². The van der Waals surface area contributed by atoms with E-state index >= 15 is 0 Å². The number of carboxylic acids is 1. The van der Waals surface area contributed by atoms with Crippen molar-refractivity contribution in [3.63, 3.8) is 0 Å². The summed E-state index contributed by atoms with van der Waals surface area (Å²) in [6.07, 6.45) is 2.08. The molecule has 0 aliphatic heterocycles. The molecule has 4 nitrogen and oxygen atoms in total. The normalized spacial score (nSPS) is 19.2. The van der Waals surface area contributed by atoms with Crippen LogP contribution in [0.5, 0.6) is 0 Å². The maximum atomic E-state index is 12.0. The lowest BCUT2D eigenvalue weighted by Crippen LogP contribution is -2.54. The molecule has 2 unspecified atom stereocenters. The van der Waals surface area contributed by atoms with Gasteiger partial charge < -0.3 is 9.84 Å². The molecular weight excluding hydrogens is 266 g/mol. The topological polar surface area (TPSA) is 58.6 Å². The van der Waals surface area contributed by atoms with Crippen molar-refractivity contribution in [2.75, 3.05) is 6.61 Å². The molecule has 0 radical (unpaired) electrons. The Labute approximate surface area is 126 Å². The Morgan fingerprint density at radius 2 is 1.95 bits per heavy atom. The van der Waals surface area contributed by atoms with Crippen LogP contribution in [0.3, 0.4) is 0 Å². The maximum Gasteiger partial charge on any atom is 0.331 e. The fraction of sp³-hybridized carbons (Fsp3) is 0.588. The Kier molecular flexibility index (Phi) is 5.01. The number of rotatable bonds is 8. The lowest BCUT2D eigenvalue weighted by Gasteiger charge is -2.33. The third-order valence-electron chi connectivity index (χ3n) is 4.16. The predicted octanol–water partition coefficient (Wildman–Crippen LogP) is 2.78. The quantitative estimate of drug-likeness (QED) is 0.773. The van der Waals surface area contributed by atoms with Gasteiger partial charge in [-0.05, 0) is 31.2 Å². The summed E-state index contributed by atoms with van der Waals surface area (Å²) < 4.78 is 5.87. The summed E-state index contributed by atoms with van der Waals surface area (Å²) in [5.41, 5.74) is -0.411. The van der Waals surface area contributed by atoms with Crippen LogP contribution < -0.4 is 5.32 Å². The molecule has 2 rings (SSSR count). The number of nitrogens with one attached hydrogen (secondary N) is 1. The Bertz CT molecular complexity index is 470. The first-order chi connectivity index (χ1) is 9.95. The van der Waals surface area contributed by atoms with Crippen LogP contribution in [0.25, 0.3) is 0 Å². The average Bonchev–Trinajstić information content (AvgIpc) is 3.27. The second-order valence-electron chi connectivity index (χ2n) is 6.26. The van der Waals surface area contributed by atoms with Crippen LogP contribution in [0.15, 0.2) is 30.3 Å². The highest BCUT2D eigenvalue weighted by atomic mass is 16.5. The largest absolute Gasteiger partial charge is 0.480 e. The molecule has 0 saturated heterocycles. The molecule has 0 amide bonds. The minimum Gasteiger partial charge on any atom is -0.480 e. The number of carboxylic acid groups (broad SMARTS) is 1. The van der Waals surface area contributed by atoms with Crippen LogP contribution in [0.1, 0.15) is 39.2 Å². The monoisotopic (exact) mass is 291 g/mol. The van der Waals surface area contributed by atoms with Crippen LogP contribution >= 0.6 is 0 Å². The third-order valence-corrected chi connectivity index (χ3v) is 4.16. The first-order valence-corrected chi connectivity index (χ1v) is 7.64. The highest BCUT2D eigenvalue weighted by Crippen LogP contribution is 2.30. The fourth-order valence-electron chi connectivity index (χ4n) is 2.20. The van der Waals surface area contributed by atoms with Crippen molar-refractivity contribution in [1.82, 2.24) is 5.32 Å². The second kappa shape index (κ2) is 6.58. The number of aliphatic carboxylic acids is 1. The van der Waals surface area contributed by atoms with Gasteiger partial charge in [0.1, 0.15) is 0 Å². The molecule has 1 aliphatic rings. The van der Waals surface area contributed by atoms with Crippen LogP contribution in [-0.2, 0) is 15.1 Å². The van der Waals surface area contributed by atoms with Crippen molar-refractivity contribution >= 4 is 5.97 Å². The summed E-state index contributed by atoms with van der Waals surface area (Å²) in [6, 6.07) is 9.62. The molecule has 0 bridgehead atoms. The second-order valence-corrected chi connectivity index (χ2v) is 6.26. The van der Waals surface area contributed by atoms with E-state index in [0.29, 0.717) is 5.92 Å². The number of ether oxygens (including phenoxy) is 1. The molecule has 0 aromatic heterocycles. The van der Waals surface area contributed by atoms with E-state index in [0.717, 1.165) is 18.4 Å². The smallest absolute Gasteiger partial charge is 0.331 e. The summed E-state index contributed by atoms with van der Waals surface area (Å²) >= 11 is 0. The predicted molar refractivity (Wildman–Crippen MR) is 82.2 cm³/mol. The molecular formula is C17H25NO3. The molecule has 21 heavy (non-hydrogen) atoms. The molecule has 2 atom stereocenters. The van der Waals surface area contributed by atoms with Gasteiger partial charge in [-0.3, -0.25) is 5.32 Å². The molecule has 1 fully saturated rings. The summed E-state index contributed by atoms with van der Waals surface area (Å²) in [6.45, 7) is 6.27. The zero-order valence-electron chi connectivity index (χ0n) is 13.0. The van der Waals surface area contributed by atoms with Crippen molar-refractivity contribution in [3.05, 3.63) is 35.9 Å². The number of hydrogen-bond acceptors (Lipinski definition) is 3. The zero-order chi connectivity index (χ0) is 15.5. The minimum atomic E-state index is -1.16. The Balaban J connectivity index is 2.25. The van der Waals surface area contributed by atoms with E-state index in [-0.39, 0.29) is 18.8 Å². The maximum absolute atomic E-state index is 12.0. The lowest BCUT2D eigenvalue weighted by atomic mass is 9.90. The Morgan fingerprint density at radius 3 is 2.43 bits per heavy atom. The van der Waals surface area contributed by atoms with Gasteiger partial charge in [-0.2, -0.15) is 0 Å². The summed E-state index contributed by atoms with van der Waals surface area (Å²) in [4.78, 5) is 12.0. The van der Waals surface area contributed by atoms with Gasteiger partial charge in [-0.15, -0.1) is 0 Å². The van der Waals surface area contributed by atoms with E-state index in [9.17, 15) is 9.90 Å². The Morgan fingerprint density at radius 1 is 1.33 bits per heavy atom. The van der Waals surface area contributed by atoms with E-state index in [1.54, 1.807) is 0 Å². The first-order valence-electron chi connectivity index (χ1n) is 7.64. The lowest BCUT2D eigenvalue weighted by molar-refractivity contribution is -0.150. The molecule has 0 heterocycles. The number of carbonyl (C=O) groups is 1. The molecule has 1 aliphatic carbocycles. The number of benzene rings is 1. The molecule has 4 heteroatoms. The van der Waals surface area contributed by atoms with Crippen LogP contribution in [0, 0.1) is 5.92 Å². The van der Waals surface area contributed by atoms with E-state index in [4.69, 9.17) is 4.74 Å². The van der Waals surface area contributed by atoms with Crippen molar-refractivity contribution in [1.29, 1.82) is 0 Å². The van der Waals surface area contributed by atoms with E-state index in [1.165, 1.54) is 0 Å².